The fourth-order valence-electron chi connectivity index (χ4n) is 2.32. The van der Waals surface area contributed by atoms with Crippen molar-refractivity contribution in [3.63, 3.8) is 0 Å². The van der Waals surface area contributed by atoms with E-state index in [1.165, 1.54) is 38.8 Å². The van der Waals surface area contributed by atoms with Gasteiger partial charge in [0.15, 0.2) is 0 Å². The van der Waals surface area contributed by atoms with Crippen LogP contribution in [0.1, 0.15) is 38.5 Å². The Morgan fingerprint density at radius 1 is 1.15 bits per heavy atom. The summed E-state index contributed by atoms with van der Waals surface area (Å²) in [5, 5.41) is 8.49. The molecule has 2 heteroatoms. The van der Waals surface area contributed by atoms with Crippen molar-refractivity contribution in [1.29, 1.82) is 5.26 Å². The Morgan fingerprint density at radius 2 is 1.85 bits per heavy atom. The van der Waals surface area contributed by atoms with Crippen LogP contribution < -0.4 is 0 Å². The first-order chi connectivity index (χ1) is 6.40. The maximum Gasteiger partial charge on any atom is 0.0621 e. The second kappa shape index (κ2) is 4.11. The van der Waals surface area contributed by atoms with E-state index in [9.17, 15) is 0 Å². The van der Waals surface area contributed by atoms with Crippen molar-refractivity contribution in [3.05, 3.63) is 0 Å². The lowest BCUT2D eigenvalue weighted by Gasteiger charge is -2.31. The highest BCUT2D eigenvalue weighted by atomic mass is 15.2. The van der Waals surface area contributed by atoms with Gasteiger partial charge in [0, 0.05) is 12.5 Å². The van der Waals surface area contributed by atoms with E-state index in [4.69, 9.17) is 5.26 Å². The molecule has 0 atom stereocenters. The summed E-state index contributed by atoms with van der Waals surface area (Å²) in [6.07, 6.45) is 7.42. The minimum Gasteiger partial charge on any atom is -0.300 e. The standard InChI is InChI=1S/C11H18N2/c12-7-1-2-10-5-8-13(9-6-10)11-3-4-11/h10-11H,1-6,8-9H2. The Hall–Kier alpha value is -0.550. The minimum absolute atomic E-state index is 0.758. The summed E-state index contributed by atoms with van der Waals surface area (Å²) in [5.41, 5.74) is 0. The van der Waals surface area contributed by atoms with Gasteiger partial charge in [-0.2, -0.15) is 5.26 Å². The molecule has 0 bridgehead atoms. The fourth-order valence-corrected chi connectivity index (χ4v) is 2.32. The summed E-state index contributed by atoms with van der Waals surface area (Å²) in [5.74, 6) is 0.842. The van der Waals surface area contributed by atoms with E-state index >= 15 is 0 Å². The summed E-state index contributed by atoms with van der Waals surface area (Å²) >= 11 is 0. The van der Waals surface area contributed by atoms with Crippen LogP contribution in [0.4, 0.5) is 0 Å². The Labute approximate surface area is 80.5 Å². The molecule has 1 aliphatic carbocycles. The van der Waals surface area contributed by atoms with Gasteiger partial charge in [0.2, 0.25) is 0 Å². The van der Waals surface area contributed by atoms with Crippen molar-refractivity contribution < 1.29 is 0 Å². The van der Waals surface area contributed by atoms with Crippen molar-refractivity contribution in [2.45, 2.75) is 44.6 Å². The lowest BCUT2D eigenvalue weighted by molar-refractivity contribution is 0.172. The zero-order valence-electron chi connectivity index (χ0n) is 8.21. The van der Waals surface area contributed by atoms with Gasteiger partial charge in [-0.25, -0.2) is 0 Å². The van der Waals surface area contributed by atoms with Crippen molar-refractivity contribution in [2.24, 2.45) is 5.92 Å². The first-order valence-electron chi connectivity index (χ1n) is 5.51. The van der Waals surface area contributed by atoms with Gasteiger partial charge in [-0.05, 0) is 51.1 Å². The highest BCUT2D eigenvalue weighted by Crippen LogP contribution is 2.31. The maximum atomic E-state index is 8.49. The SMILES string of the molecule is N#CCCC1CCN(C2CC2)CC1. The highest BCUT2D eigenvalue weighted by molar-refractivity contribution is 4.87. The molecule has 13 heavy (non-hydrogen) atoms. The molecule has 2 nitrogen and oxygen atoms in total. The van der Waals surface area contributed by atoms with E-state index in [1.807, 2.05) is 0 Å². The van der Waals surface area contributed by atoms with Gasteiger partial charge in [0.25, 0.3) is 0 Å². The molecule has 2 fully saturated rings. The van der Waals surface area contributed by atoms with Gasteiger partial charge in [-0.3, -0.25) is 0 Å². The van der Waals surface area contributed by atoms with E-state index in [-0.39, 0.29) is 0 Å². The number of hydrogen-bond donors (Lipinski definition) is 0. The number of rotatable bonds is 3. The van der Waals surface area contributed by atoms with E-state index in [2.05, 4.69) is 11.0 Å². The molecule has 0 aromatic rings. The average molecular weight is 178 g/mol. The van der Waals surface area contributed by atoms with Crippen LogP contribution in [-0.4, -0.2) is 24.0 Å². The summed E-state index contributed by atoms with van der Waals surface area (Å²) in [6.45, 7) is 2.58. The van der Waals surface area contributed by atoms with Gasteiger partial charge < -0.3 is 4.90 Å². The minimum atomic E-state index is 0.758. The Balaban J connectivity index is 1.67. The first-order valence-corrected chi connectivity index (χ1v) is 5.51. The quantitative estimate of drug-likeness (QED) is 0.662. The Kier molecular flexibility index (Phi) is 2.85. The molecule has 0 radical (unpaired) electrons. The van der Waals surface area contributed by atoms with Crippen LogP contribution in [0.25, 0.3) is 0 Å². The molecule has 1 saturated carbocycles. The van der Waals surface area contributed by atoms with Crippen molar-refractivity contribution in [2.75, 3.05) is 13.1 Å². The number of likely N-dealkylation sites (tertiary alicyclic amines) is 1. The molecule has 72 valence electrons. The number of nitriles is 1. The van der Waals surface area contributed by atoms with E-state index < -0.39 is 0 Å². The summed E-state index contributed by atoms with van der Waals surface area (Å²) in [7, 11) is 0. The summed E-state index contributed by atoms with van der Waals surface area (Å²) in [4.78, 5) is 2.64. The molecule has 0 N–H and O–H groups in total. The van der Waals surface area contributed by atoms with Gasteiger partial charge >= 0.3 is 0 Å². The smallest absolute Gasteiger partial charge is 0.0621 e. The number of piperidine rings is 1. The molecule has 2 aliphatic rings. The van der Waals surface area contributed by atoms with Gasteiger partial charge in [-0.15, -0.1) is 0 Å². The van der Waals surface area contributed by atoms with Crippen molar-refractivity contribution in [1.82, 2.24) is 4.90 Å². The summed E-state index contributed by atoms with van der Waals surface area (Å²) in [6, 6.07) is 3.19. The summed E-state index contributed by atoms with van der Waals surface area (Å²) < 4.78 is 0. The van der Waals surface area contributed by atoms with Crippen molar-refractivity contribution >= 4 is 0 Å². The largest absolute Gasteiger partial charge is 0.300 e. The monoisotopic (exact) mass is 178 g/mol. The molecule has 1 heterocycles. The van der Waals surface area contributed by atoms with Gasteiger partial charge in [0.05, 0.1) is 6.07 Å². The Morgan fingerprint density at radius 3 is 2.38 bits per heavy atom. The topological polar surface area (TPSA) is 27.0 Å². The second-order valence-corrected chi connectivity index (χ2v) is 4.41. The van der Waals surface area contributed by atoms with E-state index in [0.717, 1.165) is 24.8 Å². The molecule has 1 aliphatic heterocycles. The molecule has 2 rings (SSSR count). The van der Waals surface area contributed by atoms with Crippen molar-refractivity contribution in [3.8, 4) is 6.07 Å². The molecule has 0 aromatic carbocycles. The Bertz CT molecular complexity index is 195. The van der Waals surface area contributed by atoms with Crippen LogP contribution in [-0.2, 0) is 0 Å². The molecular weight excluding hydrogens is 160 g/mol. The maximum absolute atomic E-state index is 8.49. The lowest BCUT2D eigenvalue weighted by atomic mass is 9.92. The van der Waals surface area contributed by atoms with E-state index in [0.29, 0.717) is 0 Å². The zero-order chi connectivity index (χ0) is 9.10. The fraction of sp³-hybridized carbons (Fsp3) is 0.909. The predicted octanol–water partition coefficient (Wildman–Crippen LogP) is 2.16. The van der Waals surface area contributed by atoms with Crippen LogP contribution in [0.2, 0.25) is 0 Å². The average Bonchev–Trinajstić information content (AvgIpc) is 2.99. The third-order valence-electron chi connectivity index (χ3n) is 3.38. The van der Waals surface area contributed by atoms with Gasteiger partial charge in [0.1, 0.15) is 0 Å². The van der Waals surface area contributed by atoms with Crippen LogP contribution in [0.15, 0.2) is 0 Å². The van der Waals surface area contributed by atoms with Crippen LogP contribution >= 0.6 is 0 Å². The van der Waals surface area contributed by atoms with Crippen LogP contribution in [0.3, 0.4) is 0 Å². The molecule has 1 saturated heterocycles. The molecule has 0 amide bonds. The highest BCUT2D eigenvalue weighted by Gasteiger charge is 2.31. The van der Waals surface area contributed by atoms with Gasteiger partial charge in [-0.1, -0.05) is 0 Å². The molecule has 0 unspecified atom stereocenters. The second-order valence-electron chi connectivity index (χ2n) is 4.41. The molecule has 0 spiro atoms. The van der Waals surface area contributed by atoms with Crippen LogP contribution in [0, 0.1) is 17.2 Å². The normalized spacial score (nSPS) is 25.8. The number of nitrogens with zero attached hydrogens (tertiary/aromatic N) is 2. The third kappa shape index (κ3) is 2.45. The molecular formula is C11H18N2. The predicted molar refractivity (Wildman–Crippen MR) is 52.2 cm³/mol. The first kappa shape index (κ1) is 9.02. The number of hydrogen-bond acceptors (Lipinski definition) is 2. The third-order valence-corrected chi connectivity index (χ3v) is 3.38. The molecule has 0 aromatic heterocycles. The van der Waals surface area contributed by atoms with E-state index in [1.54, 1.807) is 0 Å². The lowest BCUT2D eigenvalue weighted by Crippen LogP contribution is -2.35. The van der Waals surface area contributed by atoms with Crippen LogP contribution in [0.5, 0.6) is 0 Å². The zero-order valence-corrected chi connectivity index (χ0v) is 8.21.